The van der Waals surface area contributed by atoms with Crippen LogP contribution in [0.1, 0.15) is 74.7 Å². The van der Waals surface area contributed by atoms with Crippen molar-refractivity contribution < 1.29 is 28.4 Å². The summed E-state index contributed by atoms with van der Waals surface area (Å²) in [5.41, 5.74) is -0.139. The molecule has 1 aliphatic rings. The fourth-order valence-corrected chi connectivity index (χ4v) is 2.84. The Morgan fingerprint density at radius 2 is 1.57 bits per heavy atom. The van der Waals surface area contributed by atoms with Gasteiger partial charge in [0.1, 0.15) is 5.60 Å². The molecule has 1 N–H and O–H groups in total. The van der Waals surface area contributed by atoms with Crippen molar-refractivity contribution in [3.05, 3.63) is 40.4 Å². The third kappa shape index (κ3) is 5.58. The number of benzene rings is 1. The maximum absolute atomic E-state index is 12.2. The average Bonchev–Trinajstić information content (AvgIpc) is 2.84. The second kappa shape index (κ2) is 8.74. The molecule has 0 unspecified atom stereocenters. The van der Waals surface area contributed by atoms with Gasteiger partial charge < -0.3 is 19.4 Å². The number of carbonyl (C=O) groups excluding carboxylic acids is 3. The predicted octanol–water partition coefficient (Wildman–Crippen LogP) is 3.85. The third-order valence-electron chi connectivity index (χ3n) is 5.15. The van der Waals surface area contributed by atoms with Gasteiger partial charge in [-0.25, -0.2) is 4.79 Å². The highest BCUT2D eigenvalue weighted by Gasteiger charge is 2.52. The van der Waals surface area contributed by atoms with Gasteiger partial charge in [0.25, 0.3) is 0 Å². The molecular weight excluding hydrogens is 385 g/mol. The highest BCUT2D eigenvalue weighted by molar-refractivity contribution is 6.56. The zero-order chi connectivity index (χ0) is 22.7. The Morgan fingerprint density at radius 3 is 2.00 bits per heavy atom. The van der Waals surface area contributed by atoms with Crippen molar-refractivity contribution in [3.63, 3.8) is 0 Å². The van der Waals surface area contributed by atoms with Crippen molar-refractivity contribution in [2.45, 2.75) is 65.3 Å². The van der Waals surface area contributed by atoms with Crippen molar-refractivity contribution in [2.75, 3.05) is 6.54 Å². The molecule has 1 aromatic rings. The van der Waals surface area contributed by atoms with E-state index in [1.807, 2.05) is 27.7 Å². The van der Waals surface area contributed by atoms with E-state index < -0.39 is 30.0 Å². The van der Waals surface area contributed by atoms with Crippen LogP contribution in [0.3, 0.4) is 0 Å². The van der Waals surface area contributed by atoms with Crippen LogP contribution >= 0.6 is 0 Å². The first-order chi connectivity index (χ1) is 13.8. The minimum atomic E-state index is -0.774. The maximum atomic E-state index is 12.2. The highest BCUT2D eigenvalue weighted by atomic mass is 16.7. The highest BCUT2D eigenvalue weighted by Crippen LogP contribution is 2.39. The van der Waals surface area contributed by atoms with Gasteiger partial charge in [-0.15, -0.1) is 0 Å². The third-order valence-corrected chi connectivity index (χ3v) is 5.15. The van der Waals surface area contributed by atoms with E-state index in [9.17, 15) is 14.4 Å². The maximum Gasteiger partial charge on any atom is 0.492 e. The smallest absolute Gasteiger partial charge is 0.444 e. The summed E-state index contributed by atoms with van der Waals surface area (Å²) in [6.45, 7) is 13.0. The molecule has 1 heterocycles. The summed E-state index contributed by atoms with van der Waals surface area (Å²) in [7, 11) is -0.774. The lowest BCUT2D eigenvalue weighted by Crippen LogP contribution is -2.41. The van der Waals surface area contributed by atoms with E-state index in [2.05, 4.69) is 5.32 Å². The molecule has 0 bridgehead atoms. The summed E-state index contributed by atoms with van der Waals surface area (Å²) < 4.78 is 17.5. The molecule has 0 saturated carbocycles. The Morgan fingerprint density at radius 1 is 1.07 bits per heavy atom. The van der Waals surface area contributed by atoms with E-state index in [-0.39, 0.29) is 6.54 Å². The number of hydrogen-bond donors (Lipinski definition) is 1. The lowest BCUT2D eigenvalue weighted by atomic mass is 9.76. The van der Waals surface area contributed by atoms with Gasteiger partial charge in [0.15, 0.2) is 12.6 Å². The molecule has 2 rings (SSSR count). The van der Waals surface area contributed by atoms with Gasteiger partial charge in [0.05, 0.1) is 11.2 Å². The zero-order valence-electron chi connectivity index (χ0n) is 18.7. The fraction of sp³-hybridized carbons (Fsp3) is 0.500. The lowest BCUT2D eigenvalue weighted by molar-refractivity contribution is 0.00578. The van der Waals surface area contributed by atoms with E-state index in [0.717, 1.165) is 0 Å². The molecular formula is C22H30BNO6. The van der Waals surface area contributed by atoms with Gasteiger partial charge in [0.2, 0.25) is 0 Å². The van der Waals surface area contributed by atoms with Crippen molar-refractivity contribution in [3.8, 4) is 0 Å². The van der Waals surface area contributed by atoms with Crippen molar-refractivity contribution in [2.24, 2.45) is 0 Å². The minimum Gasteiger partial charge on any atom is -0.444 e. The first kappa shape index (κ1) is 23.8. The number of hydrogen-bond acceptors (Lipinski definition) is 6. The van der Waals surface area contributed by atoms with Crippen LogP contribution in [0.4, 0.5) is 4.79 Å². The van der Waals surface area contributed by atoms with E-state index in [4.69, 9.17) is 14.0 Å². The van der Waals surface area contributed by atoms with E-state index in [1.54, 1.807) is 45.0 Å². The van der Waals surface area contributed by atoms with Gasteiger partial charge in [-0.3, -0.25) is 9.59 Å². The van der Waals surface area contributed by atoms with Crippen LogP contribution in [0.25, 0.3) is 6.08 Å². The number of amides is 1. The van der Waals surface area contributed by atoms with Crippen molar-refractivity contribution in [1.29, 1.82) is 0 Å². The fourth-order valence-electron chi connectivity index (χ4n) is 2.84. The van der Waals surface area contributed by atoms with Crippen LogP contribution in [-0.2, 0) is 14.0 Å². The van der Waals surface area contributed by atoms with E-state index >= 15 is 0 Å². The number of aldehydes is 2. The summed E-state index contributed by atoms with van der Waals surface area (Å²) in [6, 6.07) is 4.88. The molecule has 7 nitrogen and oxygen atoms in total. The monoisotopic (exact) mass is 415 g/mol. The first-order valence-corrected chi connectivity index (χ1v) is 9.86. The second-order valence-corrected chi connectivity index (χ2v) is 9.25. The summed E-state index contributed by atoms with van der Waals surface area (Å²) in [6.07, 6.45) is 2.43. The number of nitrogens with one attached hydrogen (secondary N) is 1. The molecule has 1 saturated heterocycles. The SMILES string of the molecule is CC(C)(C)OC(=O)NCC(=Cc1c(C=O)cccc1C=O)B1OC(C)(C)C(C)(C)O1. The molecule has 0 aromatic heterocycles. The number of alkyl carbamates (subject to hydrolysis) is 1. The summed E-state index contributed by atoms with van der Waals surface area (Å²) >= 11 is 0. The summed E-state index contributed by atoms with van der Waals surface area (Å²) in [4.78, 5) is 35.2. The molecule has 1 aliphatic heterocycles. The zero-order valence-corrected chi connectivity index (χ0v) is 18.7. The molecule has 162 valence electrons. The number of ether oxygens (including phenoxy) is 1. The number of carbonyl (C=O) groups is 3. The molecule has 1 aromatic carbocycles. The van der Waals surface area contributed by atoms with Gasteiger partial charge in [-0.05, 0) is 59.5 Å². The minimum absolute atomic E-state index is 0.0528. The Bertz CT molecular complexity index is 811. The Labute approximate surface area is 178 Å². The van der Waals surface area contributed by atoms with Crippen LogP contribution in [0.5, 0.6) is 0 Å². The van der Waals surface area contributed by atoms with Gasteiger partial charge in [-0.1, -0.05) is 24.3 Å². The molecule has 1 fully saturated rings. The number of rotatable bonds is 6. The molecule has 8 heteroatoms. The van der Waals surface area contributed by atoms with Crippen molar-refractivity contribution >= 4 is 31.9 Å². The average molecular weight is 415 g/mol. The van der Waals surface area contributed by atoms with Gasteiger partial charge in [-0.2, -0.15) is 0 Å². The van der Waals surface area contributed by atoms with Crippen LogP contribution in [0, 0.1) is 0 Å². The van der Waals surface area contributed by atoms with Gasteiger partial charge >= 0.3 is 13.2 Å². The first-order valence-electron chi connectivity index (χ1n) is 9.86. The second-order valence-electron chi connectivity index (χ2n) is 9.25. The Hall–Kier alpha value is -2.45. The molecule has 0 radical (unpaired) electrons. The van der Waals surface area contributed by atoms with E-state index in [0.29, 0.717) is 34.7 Å². The molecule has 0 atom stereocenters. The van der Waals surface area contributed by atoms with Crippen LogP contribution in [0.2, 0.25) is 0 Å². The molecule has 0 aliphatic carbocycles. The molecule has 30 heavy (non-hydrogen) atoms. The van der Waals surface area contributed by atoms with Crippen LogP contribution in [-0.4, -0.2) is 49.1 Å². The Kier molecular flexibility index (Phi) is 6.94. The lowest BCUT2D eigenvalue weighted by Gasteiger charge is -2.32. The van der Waals surface area contributed by atoms with Crippen LogP contribution in [0.15, 0.2) is 23.7 Å². The van der Waals surface area contributed by atoms with Crippen LogP contribution < -0.4 is 5.32 Å². The largest absolute Gasteiger partial charge is 0.492 e. The molecule has 0 spiro atoms. The van der Waals surface area contributed by atoms with Gasteiger partial charge in [0, 0.05) is 17.7 Å². The quantitative estimate of drug-likeness (QED) is 0.561. The van der Waals surface area contributed by atoms with E-state index in [1.165, 1.54) is 0 Å². The standard InChI is InChI=1S/C22H30BNO6/c1-20(2,3)28-19(27)24-12-17(23-29-21(4,5)22(6,7)30-23)11-18-15(13-25)9-8-10-16(18)14-26/h8-11,13-14H,12H2,1-7H3,(H,24,27). The topological polar surface area (TPSA) is 90.9 Å². The van der Waals surface area contributed by atoms with Crippen molar-refractivity contribution in [1.82, 2.24) is 5.32 Å². The summed E-state index contributed by atoms with van der Waals surface area (Å²) in [5, 5.41) is 2.70. The Balaban J connectivity index is 2.43. The normalized spacial score (nSPS) is 18.1. The molecule has 1 amide bonds. The predicted molar refractivity (Wildman–Crippen MR) is 116 cm³/mol. The summed E-state index contributed by atoms with van der Waals surface area (Å²) in [5.74, 6) is 0.